The van der Waals surface area contributed by atoms with Crippen LogP contribution in [-0.2, 0) is 9.59 Å². The number of benzene rings is 1. The molecule has 134 valence electrons. The van der Waals surface area contributed by atoms with Crippen LogP contribution in [0.5, 0.6) is 5.75 Å². The molecule has 0 aliphatic carbocycles. The Morgan fingerprint density at radius 1 is 1.21 bits per heavy atom. The van der Waals surface area contributed by atoms with Gasteiger partial charge in [0.1, 0.15) is 5.75 Å². The molecule has 0 saturated carbocycles. The summed E-state index contributed by atoms with van der Waals surface area (Å²) in [5.41, 5.74) is 0. The number of aliphatic hydroxyl groups is 1. The zero-order valence-corrected chi connectivity index (χ0v) is 14.8. The highest BCUT2D eigenvalue weighted by molar-refractivity contribution is 6.42. The molecule has 0 radical (unpaired) electrons. The molecule has 1 aliphatic heterocycles. The molecule has 2 rings (SSSR count). The topological polar surface area (TPSA) is 81.1 Å². The van der Waals surface area contributed by atoms with Crippen molar-refractivity contribution in [1.82, 2.24) is 9.80 Å². The predicted molar refractivity (Wildman–Crippen MR) is 93.3 cm³/mol. The van der Waals surface area contributed by atoms with E-state index in [0.29, 0.717) is 16.5 Å². The number of carbonyl (C=O) groups is 2. The van der Waals surface area contributed by atoms with Crippen molar-refractivity contribution in [1.29, 1.82) is 0 Å². The summed E-state index contributed by atoms with van der Waals surface area (Å²) in [6.07, 6.45) is 3.88. The molecular formula is C16H22Cl2N2O4. The lowest BCUT2D eigenvalue weighted by Gasteiger charge is -2.28. The molecule has 0 spiro atoms. The lowest BCUT2D eigenvalue weighted by Crippen LogP contribution is -2.43. The Hall–Kier alpha value is -1.50. The third kappa shape index (κ3) is 7.38. The minimum absolute atomic E-state index is 0.0183. The zero-order valence-electron chi connectivity index (χ0n) is 13.3. The minimum Gasteiger partial charge on any atom is -0.508 e. The largest absolute Gasteiger partial charge is 0.508 e. The minimum atomic E-state index is -0.105. The number of nitrogens with zero attached hydrogens (tertiary/aromatic N) is 2. The van der Waals surface area contributed by atoms with Gasteiger partial charge in [0, 0.05) is 19.6 Å². The first-order valence-corrected chi connectivity index (χ1v) is 8.45. The molecule has 1 saturated heterocycles. The second kappa shape index (κ2) is 11.1. The molecule has 1 aliphatic rings. The van der Waals surface area contributed by atoms with Crippen LogP contribution in [0.3, 0.4) is 0 Å². The molecule has 24 heavy (non-hydrogen) atoms. The molecule has 0 bridgehead atoms. The molecule has 1 aromatic carbocycles. The van der Waals surface area contributed by atoms with E-state index < -0.39 is 0 Å². The van der Waals surface area contributed by atoms with Gasteiger partial charge < -0.3 is 20.0 Å². The van der Waals surface area contributed by atoms with Crippen LogP contribution in [0.4, 0.5) is 0 Å². The van der Waals surface area contributed by atoms with Crippen molar-refractivity contribution in [3.8, 4) is 5.75 Å². The average Bonchev–Trinajstić information content (AvgIpc) is 2.59. The van der Waals surface area contributed by atoms with Gasteiger partial charge >= 0.3 is 0 Å². The van der Waals surface area contributed by atoms with Gasteiger partial charge in [-0.25, -0.2) is 0 Å². The van der Waals surface area contributed by atoms with E-state index in [0.717, 1.165) is 25.9 Å². The standard InChI is InChI=1S/C10H18N2O3.C6H4Cl2O/c13-7-6-11(9-14)8-10(15)12-4-2-1-3-5-12;7-5-2-1-4(9)3-6(5)8/h9,13H,1-8H2;1-3,9H. The number of rotatable bonds is 5. The third-order valence-electron chi connectivity index (χ3n) is 3.49. The van der Waals surface area contributed by atoms with Gasteiger partial charge in [0.25, 0.3) is 0 Å². The van der Waals surface area contributed by atoms with E-state index in [-0.39, 0.29) is 31.4 Å². The first-order chi connectivity index (χ1) is 11.5. The average molecular weight is 377 g/mol. The summed E-state index contributed by atoms with van der Waals surface area (Å²) < 4.78 is 0. The molecule has 1 heterocycles. The molecule has 6 nitrogen and oxygen atoms in total. The Morgan fingerprint density at radius 3 is 2.38 bits per heavy atom. The lowest BCUT2D eigenvalue weighted by atomic mass is 10.1. The molecule has 1 aromatic rings. The maximum Gasteiger partial charge on any atom is 0.242 e. The van der Waals surface area contributed by atoms with Gasteiger partial charge in [-0.3, -0.25) is 9.59 Å². The Labute approximate surface area is 151 Å². The first-order valence-electron chi connectivity index (χ1n) is 7.70. The monoisotopic (exact) mass is 376 g/mol. The van der Waals surface area contributed by atoms with E-state index >= 15 is 0 Å². The SMILES string of the molecule is O=CN(CCO)CC(=O)N1CCCCC1.Oc1ccc(Cl)c(Cl)c1. The smallest absolute Gasteiger partial charge is 0.242 e. The highest BCUT2D eigenvalue weighted by Crippen LogP contribution is 2.25. The van der Waals surface area contributed by atoms with Gasteiger partial charge in [-0.15, -0.1) is 0 Å². The van der Waals surface area contributed by atoms with Crippen LogP contribution < -0.4 is 0 Å². The predicted octanol–water partition coefficient (Wildman–Crippen LogP) is 2.15. The normalized spacial score (nSPS) is 13.7. The molecule has 1 fully saturated rings. The number of likely N-dealkylation sites (tertiary alicyclic amines) is 1. The first kappa shape index (κ1) is 20.5. The van der Waals surface area contributed by atoms with Crippen LogP contribution in [0.15, 0.2) is 18.2 Å². The van der Waals surface area contributed by atoms with Gasteiger partial charge in [0.05, 0.1) is 23.2 Å². The van der Waals surface area contributed by atoms with Crippen LogP contribution >= 0.6 is 23.2 Å². The van der Waals surface area contributed by atoms with Gasteiger partial charge in [-0.05, 0) is 37.5 Å². The molecule has 0 atom stereocenters. The van der Waals surface area contributed by atoms with Crippen LogP contribution in [0.1, 0.15) is 19.3 Å². The Bertz CT molecular complexity index is 537. The van der Waals surface area contributed by atoms with Crippen molar-refractivity contribution in [2.24, 2.45) is 0 Å². The maximum absolute atomic E-state index is 11.7. The maximum atomic E-state index is 11.7. The van der Waals surface area contributed by atoms with Gasteiger partial charge in [0.2, 0.25) is 12.3 Å². The summed E-state index contributed by atoms with van der Waals surface area (Å²) in [5, 5.41) is 18.3. The zero-order chi connectivity index (χ0) is 17.9. The molecule has 8 heteroatoms. The molecule has 2 amide bonds. The highest BCUT2D eigenvalue weighted by atomic mass is 35.5. The second-order valence-electron chi connectivity index (χ2n) is 5.34. The van der Waals surface area contributed by atoms with E-state index in [1.165, 1.54) is 23.5 Å². The fourth-order valence-corrected chi connectivity index (χ4v) is 2.49. The number of phenolic OH excluding ortho intramolecular Hbond substituents is 1. The van der Waals surface area contributed by atoms with Crippen molar-refractivity contribution >= 4 is 35.5 Å². The number of hydrogen-bond acceptors (Lipinski definition) is 4. The summed E-state index contributed by atoms with van der Waals surface area (Å²) >= 11 is 11.1. The van der Waals surface area contributed by atoms with Gasteiger partial charge in [0.15, 0.2) is 0 Å². The molecule has 0 aromatic heterocycles. The molecule has 0 unspecified atom stereocenters. The Morgan fingerprint density at radius 2 is 1.88 bits per heavy atom. The van der Waals surface area contributed by atoms with Crippen LogP contribution in [0, 0.1) is 0 Å². The number of carbonyl (C=O) groups excluding carboxylic acids is 2. The number of halogens is 2. The number of amides is 2. The van der Waals surface area contributed by atoms with Crippen molar-refractivity contribution in [3.63, 3.8) is 0 Å². The van der Waals surface area contributed by atoms with Crippen molar-refractivity contribution in [3.05, 3.63) is 28.2 Å². The van der Waals surface area contributed by atoms with E-state index in [4.69, 9.17) is 33.4 Å². The van der Waals surface area contributed by atoms with Gasteiger partial charge in [-0.2, -0.15) is 0 Å². The van der Waals surface area contributed by atoms with Crippen LogP contribution in [0.25, 0.3) is 0 Å². The summed E-state index contributed by atoms with van der Waals surface area (Å²) in [4.78, 5) is 25.3. The number of aromatic hydroxyl groups is 1. The fraction of sp³-hybridized carbons (Fsp3) is 0.500. The number of hydrogen-bond donors (Lipinski definition) is 2. The number of phenols is 1. The van der Waals surface area contributed by atoms with E-state index in [2.05, 4.69) is 0 Å². The van der Waals surface area contributed by atoms with Gasteiger partial charge in [-0.1, -0.05) is 23.2 Å². The fourth-order valence-electron chi connectivity index (χ4n) is 2.20. The van der Waals surface area contributed by atoms with Crippen LogP contribution in [0.2, 0.25) is 10.0 Å². The summed E-state index contributed by atoms with van der Waals surface area (Å²) in [7, 11) is 0. The quantitative estimate of drug-likeness (QED) is 0.771. The number of piperidine rings is 1. The number of aliphatic hydroxyl groups excluding tert-OH is 1. The highest BCUT2D eigenvalue weighted by Gasteiger charge is 2.18. The van der Waals surface area contributed by atoms with E-state index in [9.17, 15) is 9.59 Å². The Kier molecular flexibility index (Phi) is 9.52. The summed E-state index contributed by atoms with van der Waals surface area (Å²) in [5.74, 6) is 0.111. The van der Waals surface area contributed by atoms with E-state index in [1.54, 1.807) is 11.0 Å². The lowest BCUT2D eigenvalue weighted by molar-refractivity contribution is -0.136. The van der Waals surface area contributed by atoms with Crippen molar-refractivity contribution in [2.45, 2.75) is 19.3 Å². The summed E-state index contributed by atoms with van der Waals surface area (Å²) in [6.45, 7) is 1.80. The third-order valence-corrected chi connectivity index (χ3v) is 4.23. The van der Waals surface area contributed by atoms with Crippen LogP contribution in [-0.4, -0.2) is 65.1 Å². The van der Waals surface area contributed by atoms with Crippen molar-refractivity contribution < 1.29 is 19.8 Å². The molecular weight excluding hydrogens is 355 g/mol. The second-order valence-corrected chi connectivity index (χ2v) is 6.15. The Balaban J connectivity index is 0.000000272. The van der Waals surface area contributed by atoms with Crippen molar-refractivity contribution in [2.75, 3.05) is 32.8 Å². The summed E-state index contributed by atoms with van der Waals surface area (Å²) in [6, 6.07) is 4.41. The molecule has 2 N–H and O–H groups in total. The van der Waals surface area contributed by atoms with E-state index in [1.807, 2.05) is 0 Å².